The molecule has 1 aromatic rings. The molecule has 13 heavy (non-hydrogen) atoms. The largest absolute Gasteiger partial charge is 0.330 e. The Morgan fingerprint density at radius 1 is 1.77 bits per heavy atom. The number of hydrogen-bond acceptors (Lipinski definition) is 3. The molecule has 1 aromatic heterocycles. The Balaban J connectivity index is 2.67. The van der Waals surface area contributed by atoms with Gasteiger partial charge in [0.25, 0.3) is 0 Å². The SMILES string of the molecule is CC(=O)[C@H](CN)Cc1ccnn1C. The van der Waals surface area contributed by atoms with Crippen LogP contribution in [0.2, 0.25) is 0 Å². The van der Waals surface area contributed by atoms with Crippen molar-refractivity contribution < 1.29 is 4.79 Å². The first-order valence-electron chi connectivity index (χ1n) is 4.32. The van der Waals surface area contributed by atoms with Crippen molar-refractivity contribution in [2.75, 3.05) is 6.54 Å². The maximum atomic E-state index is 11.1. The van der Waals surface area contributed by atoms with E-state index in [1.165, 1.54) is 0 Å². The second-order valence-electron chi connectivity index (χ2n) is 3.19. The smallest absolute Gasteiger partial charge is 0.134 e. The van der Waals surface area contributed by atoms with Gasteiger partial charge in [-0.2, -0.15) is 5.10 Å². The predicted molar refractivity (Wildman–Crippen MR) is 50.1 cm³/mol. The summed E-state index contributed by atoms with van der Waals surface area (Å²) in [5.41, 5.74) is 6.54. The molecule has 0 bridgehead atoms. The molecule has 0 fully saturated rings. The second-order valence-corrected chi connectivity index (χ2v) is 3.19. The van der Waals surface area contributed by atoms with E-state index in [-0.39, 0.29) is 11.7 Å². The Bertz CT molecular complexity index is 293. The number of nitrogens with two attached hydrogens (primary N) is 1. The van der Waals surface area contributed by atoms with Gasteiger partial charge in [0, 0.05) is 37.8 Å². The van der Waals surface area contributed by atoms with Gasteiger partial charge < -0.3 is 5.73 Å². The van der Waals surface area contributed by atoms with Crippen molar-refractivity contribution in [3.8, 4) is 0 Å². The lowest BCUT2D eigenvalue weighted by atomic mass is 9.99. The normalized spacial score (nSPS) is 12.8. The van der Waals surface area contributed by atoms with E-state index >= 15 is 0 Å². The van der Waals surface area contributed by atoms with Crippen LogP contribution in [0.25, 0.3) is 0 Å². The van der Waals surface area contributed by atoms with Crippen LogP contribution < -0.4 is 5.73 Å². The highest BCUT2D eigenvalue weighted by Gasteiger charge is 2.14. The molecular weight excluding hydrogens is 166 g/mol. The number of aryl methyl sites for hydroxylation is 1. The molecule has 2 N–H and O–H groups in total. The summed E-state index contributed by atoms with van der Waals surface area (Å²) in [5.74, 6) is 0.0686. The van der Waals surface area contributed by atoms with Crippen molar-refractivity contribution in [3.63, 3.8) is 0 Å². The molecule has 0 saturated heterocycles. The lowest BCUT2D eigenvalue weighted by Crippen LogP contribution is -2.24. The molecule has 0 aliphatic heterocycles. The Morgan fingerprint density at radius 3 is 2.85 bits per heavy atom. The summed E-state index contributed by atoms with van der Waals surface area (Å²) in [6, 6.07) is 1.91. The first-order chi connectivity index (χ1) is 6.15. The predicted octanol–water partition coefficient (Wildman–Crippen LogP) is 0.126. The topological polar surface area (TPSA) is 60.9 Å². The van der Waals surface area contributed by atoms with Gasteiger partial charge >= 0.3 is 0 Å². The van der Waals surface area contributed by atoms with Crippen LogP contribution in [-0.4, -0.2) is 22.1 Å². The maximum absolute atomic E-state index is 11.1. The summed E-state index contributed by atoms with van der Waals surface area (Å²) in [4.78, 5) is 11.1. The Hall–Kier alpha value is -1.16. The van der Waals surface area contributed by atoms with Crippen LogP contribution in [0.1, 0.15) is 12.6 Å². The maximum Gasteiger partial charge on any atom is 0.134 e. The molecule has 0 amide bonds. The quantitative estimate of drug-likeness (QED) is 0.718. The van der Waals surface area contributed by atoms with Gasteiger partial charge in [0.1, 0.15) is 5.78 Å². The summed E-state index contributed by atoms with van der Waals surface area (Å²) >= 11 is 0. The van der Waals surface area contributed by atoms with Crippen molar-refractivity contribution >= 4 is 5.78 Å². The molecule has 0 aromatic carbocycles. The summed E-state index contributed by atoms with van der Waals surface area (Å²) < 4.78 is 1.77. The fraction of sp³-hybridized carbons (Fsp3) is 0.556. The zero-order valence-electron chi connectivity index (χ0n) is 8.03. The van der Waals surface area contributed by atoms with Crippen molar-refractivity contribution in [2.45, 2.75) is 13.3 Å². The Labute approximate surface area is 77.7 Å². The third-order valence-corrected chi connectivity index (χ3v) is 2.24. The van der Waals surface area contributed by atoms with Gasteiger partial charge in [0.05, 0.1) is 0 Å². The number of rotatable bonds is 4. The molecule has 0 unspecified atom stereocenters. The van der Waals surface area contributed by atoms with Crippen LogP contribution in [0.4, 0.5) is 0 Å². The van der Waals surface area contributed by atoms with Gasteiger partial charge in [-0.3, -0.25) is 9.48 Å². The van der Waals surface area contributed by atoms with Crippen molar-refractivity contribution in [3.05, 3.63) is 18.0 Å². The molecule has 0 spiro atoms. The van der Waals surface area contributed by atoms with Crippen molar-refractivity contribution in [1.82, 2.24) is 9.78 Å². The summed E-state index contributed by atoms with van der Waals surface area (Å²) in [6.07, 6.45) is 2.41. The molecule has 4 heteroatoms. The van der Waals surface area contributed by atoms with E-state index in [9.17, 15) is 4.79 Å². The standard InChI is InChI=1S/C9H15N3O/c1-7(13)8(6-10)5-9-3-4-11-12(9)2/h3-4,8H,5-6,10H2,1-2H3/t8-/m0/s1. The molecule has 0 aliphatic carbocycles. The second kappa shape index (κ2) is 4.18. The Kier molecular flexibility index (Phi) is 3.19. The highest BCUT2D eigenvalue weighted by Crippen LogP contribution is 2.07. The molecule has 0 saturated carbocycles. The molecule has 1 heterocycles. The van der Waals surface area contributed by atoms with Gasteiger partial charge in [-0.05, 0) is 13.0 Å². The van der Waals surface area contributed by atoms with Gasteiger partial charge in [-0.15, -0.1) is 0 Å². The number of aromatic nitrogens is 2. The Morgan fingerprint density at radius 2 is 2.46 bits per heavy atom. The summed E-state index contributed by atoms with van der Waals surface area (Å²) in [7, 11) is 1.86. The van der Waals surface area contributed by atoms with Crippen molar-refractivity contribution in [2.24, 2.45) is 18.7 Å². The molecule has 1 atom stereocenters. The zero-order chi connectivity index (χ0) is 9.84. The van der Waals surface area contributed by atoms with Crippen molar-refractivity contribution in [1.29, 1.82) is 0 Å². The fourth-order valence-electron chi connectivity index (χ4n) is 1.25. The molecule has 1 rings (SSSR count). The molecular formula is C9H15N3O. The zero-order valence-corrected chi connectivity index (χ0v) is 8.03. The van der Waals surface area contributed by atoms with Gasteiger partial charge in [-0.25, -0.2) is 0 Å². The lowest BCUT2D eigenvalue weighted by Gasteiger charge is -2.10. The molecule has 0 aliphatic rings. The number of Topliss-reactive ketones (excluding diaryl/α,β-unsaturated/α-hetero) is 1. The van der Waals surface area contributed by atoms with Crippen LogP contribution in [0, 0.1) is 5.92 Å². The van der Waals surface area contributed by atoms with Crippen LogP contribution in [-0.2, 0) is 18.3 Å². The number of hydrogen-bond donors (Lipinski definition) is 1. The van der Waals surface area contributed by atoms with Gasteiger partial charge in [0.15, 0.2) is 0 Å². The first-order valence-corrected chi connectivity index (χ1v) is 4.32. The third-order valence-electron chi connectivity index (χ3n) is 2.24. The van der Waals surface area contributed by atoms with Crippen LogP contribution in [0.3, 0.4) is 0 Å². The third kappa shape index (κ3) is 2.39. The number of ketones is 1. The van der Waals surface area contributed by atoms with E-state index in [2.05, 4.69) is 5.10 Å². The molecule has 0 radical (unpaired) electrons. The molecule has 72 valence electrons. The minimum absolute atomic E-state index is 0.0737. The minimum Gasteiger partial charge on any atom is -0.330 e. The number of carbonyl (C=O) groups excluding carboxylic acids is 1. The number of nitrogens with zero attached hydrogens (tertiary/aromatic N) is 2. The van der Waals surface area contributed by atoms with Gasteiger partial charge in [-0.1, -0.05) is 0 Å². The average Bonchev–Trinajstić information content (AvgIpc) is 2.46. The van der Waals surface area contributed by atoms with E-state index in [0.29, 0.717) is 13.0 Å². The van der Waals surface area contributed by atoms with E-state index in [1.807, 2.05) is 13.1 Å². The lowest BCUT2D eigenvalue weighted by molar-refractivity contribution is -0.120. The average molecular weight is 181 g/mol. The van der Waals surface area contributed by atoms with E-state index < -0.39 is 0 Å². The van der Waals surface area contributed by atoms with Crippen LogP contribution in [0.15, 0.2) is 12.3 Å². The summed E-state index contributed by atoms with van der Waals surface area (Å²) in [5, 5.41) is 4.03. The van der Waals surface area contributed by atoms with Gasteiger partial charge in [0.2, 0.25) is 0 Å². The number of carbonyl (C=O) groups is 1. The minimum atomic E-state index is -0.0737. The highest BCUT2D eigenvalue weighted by atomic mass is 16.1. The van der Waals surface area contributed by atoms with Crippen LogP contribution in [0.5, 0.6) is 0 Å². The fourth-order valence-corrected chi connectivity index (χ4v) is 1.25. The first kappa shape index (κ1) is 9.92. The molecule has 4 nitrogen and oxygen atoms in total. The van der Waals surface area contributed by atoms with E-state index in [0.717, 1.165) is 5.69 Å². The highest BCUT2D eigenvalue weighted by molar-refractivity contribution is 5.78. The van der Waals surface area contributed by atoms with E-state index in [4.69, 9.17) is 5.73 Å². The van der Waals surface area contributed by atoms with Crippen LogP contribution >= 0.6 is 0 Å². The summed E-state index contributed by atoms with van der Waals surface area (Å²) in [6.45, 7) is 1.98. The van der Waals surface area contributed by atoms with E-state index in [1.54, 1.807) is 17.8 Å². The monoisotopic (exact) mass is 181 g/mol.